The predicted molar refractivity (Wildman–Crippen MR) is 149 cm³/mol. The second-order valence-corrected chi connectivity index (χ2v) is 10.4. The molecule has 196 valence electrons. The summed E-state index contributed by atoms with van der Waals surface area (Å²) in [5, 5.41) is 9.49. The maximum Gasteiger partial charge on any atom is 0.259 e. The topological polar surface area (TPSA) is 109 Å². The minimum absolute atomic E-state index is 0. The summed E-state index contributed by atoms with van der Waals surface area (Å²) in [6.07, 6.45) is 4.50. The third-order valence-electron chi connectivity index (χ3n) is 5.55. The molecule has 12 heteroatoms. The van der Waals surface area contributed by atoms with Gasteiger partial charge in [0.05, 0.1) is 21.8 Å². The van der Waals surface area contributed by atoms with Crippen molar-refractivity contribution in [1.29, 1.82) is 0 Å². The van der Waals surface area contributed by atoms with Gasteiger partial charge >= 0.3 is 0 Å². The Morgan fingerprint density at radius 2 is 1.68 bits per heavy atom. The van der Waals surface area contributed by atoms with Gasteiger partial charge in [0, 0.05) is 33.2 Å². The number of rotatable bonds is 7. The predicted octanol–water partition coefficient (Wildman–Crippen LogP) is 5.18. The smallest absolute Gasteiger partial charge is 0.259 e. The van der Waals surface area contributed by atoms with Crippen LogP contribution in [0.15, 0.2) is 59.6 Å². The van der Waals surface area contributed by atoms with Gasteiger partial charge in [-0.2, -0.15) is 0 Å². The fourth-order valence-electron chi connectivity index (χ4n) is 3.70. The SMILES string of the molecule is CS(=O)c1ccc(C(=O)Nc2ccc(Cl)cc2C(=O)Nc2ccc(Cl)cn2)c(OC2CCNCC2)c1.Cl. The van der Waals surface area contributed by atoms with Gasteiger partial charge in [0.1, 0.15) is 17.7 Å². The lowest BCUT2D eigenvalue weighted by Crippen LogP contribution is -2.34. The second kappa shape index (κ2) is 13.2. The summed E-state index contributed by atoms with van der Waals surface area (Å²) in [6, 6.07) is 12.6. The van der Waals surface area contributed by atoms with Crippen LogP contribution in [0.2, 0.25) is 10.0 Å². The van der Waals surface area contributed by atoms with E-state index in [0.29, 0.717) is 26.5 Å². The van der Waals surface area contributed by atoms with Crippen molar-refractivity contribution in [2.45, 2.75) is 23.8 Å². The van der Waals surface area contributed by atoms with Crippen LogP contribution in [0, 0.1) is 0 Å². The van der Waals surface area contributed by atoms with Crippen molar-refractivity contribution in [2.24, 2.45) is 0 Å². The summed E-state index contributed by atoms with van der Waals surface area (Å²) in [5.41, 5.74) is 0.676. The van der Waals surface area contributed by atoms with Gasteiger partial charge in [0.25, 0.3) is 11.8 Å². The number of hydrogen-bond donors (Lipinski definition) is 3. The number of benzene rings is 2. The van der Waals surface area contributed by atoms with Crippen LogP contribution in [0.5, 0.6) is 5.75 Å². The number of carbonyl (C=O) groups excluding carboxylic acids is 2. The Morgan fingerprint density at radius 3 is 2.35 bits per heavy atom. The fraction of sp³-hybridized carbons (Fsp3) is 0.240. The molecule has 37 heavy (non-hydrogen) atoms. The largest absolute Gasteiger partial charge is 0.489 e. The van der Waals surface area contributed by atoms with Crippen LogP contribution in [-0.4, -0.2) is 46.5 Å². The van der Waals surface area contributed by atoms with Crippen LogP contribution in [-0.2, 0) is 10.8 Å². The van der Waals surface area contributed by atoms with Gasteiger partial charge in [-0.25, -0.2) is 4.98 Å². The Kier molecular flexibility index (Phi) is 10.3. The van der Waals surface area contributed by atoms with E-state index in [-0.39, 0.29) is 35.3 Å². The molecule has 4 rings (SSSR count). The molecule has 3 aromatic rings. The van der Waals surface area contributed by atoms with E-state index in [2.05, 4.69) is 20.9 Å². The Balaban J connectivity index is 0.00000380. The number of hydrogen-bond acceptors (Lipinski definition) is 6. The van der Waals surface area contributed by atoms with Crippen LogP contribution in [0.25, 0.3) is 0 Å². The molecule has 3 N–H and O–H groups in total. The van der Waals surface area contributed by atoms with Crippen molar-refractivity contribution in [1.82, 2.24) is 10.3 Å². The molecule has 0 bridgehead atoms. The molecule has 1 aliphatic rings. The average molecular weight is 584 g/mol. The van der Waals surface area contributed by atoms with Crippen LogP contribution in [0.1, 0.15) is 33.6 Å². The molecule has 8 nitrogen and oxygen atoms in total. The number of piperidine rings is 1. The lowest BCUT2D eigenvalue weighted by molar-refractivity contribution is 0.101. The molecule has 0 aliphatic carbocycles. The van der Waals surface area contributed by atoms with E-state index in [0.717, 1.165) is 25.9 Å². The van der Waals surface area contributed by atoms with Crippen molar-refractivity contribution < 1.29 is 18.5 Å². The minimum Gasteiger partial charge on any atom is -0.489 e. The van der Waals surface area contributed by atoms with E-state index in [1.54, 1.807) is 48.7 Å². The molecular formula is C25H25Cl3N4O4S. The summed E-state index contributed by atoms with van der Waals surface area (Å²) in [4.78, 5) is 30.9. The number of nitrogens with one attached hydrogen (secondary N) is 3. The average Bonchev–Trinajstić information content (AvgIpc) is 2.87. The third-order valence-corrected chi connectivity index (χ3v) is 6.93. The fourth-order valence-corrected chi connectivity index (χ4v) is 4.51. The number of anilines is 2. The normalized spacial score (nSPS) is 14.2. The molecule has 0 spiro atoms. The Labute approximate surface area is 233 Å². The molecule has 1 atom stereocenters. The van der Waals surface area contributed by atoms with Crippen molar-refractivity contribution >= 4 is 69.7 Å². The highest BCUT2D eigenvalue weighted by atomic mass is 35.5. The summed E-state index contributed by atoms with van der Waals surface area (Å²) in [6.45, 7) is 1.63. The highest BCUT2D eigenvalue weighted by Crippen LogP contribution is 2.28. The van der Waals surface area contributed by atoms with Gasteiger partial charge in [-0.05, 0) is 74.5 Å². The van der Waals surface area contributed by atoms with E-state index in [1.807, 2.05) is 0 Å². The summed E-state index contributed by atoms with van der Waals surface area (Å²) < 4.78 is 18.2. The monoisotopic (exact) mass is 582 g/mol. The molecule has 1 aliphatic heterocycles. The van der Waals surface area contributed by atoms with E-state index in [9.17, 15) is 13.8 Å². The zero-order valence-electron chi connectivity index (χ0n) is 19.8. The molecule has 1 unspecified atom stereocenters. The minimum atomic E-state index is -1.24. The standard InChI is InChI=1S/C25H24Cl2N4O4S.ClH/c1-36(34)18-4-5-19(22(13-18)35-17-8-10-28-11-9-17)24(32)30-21-6-2-15(26)12-20(21)25(33)31-23-7-3-16(27)14-29-23;/h2-7,12-14,17,28H,8-11H2,1H3,(H,30,32)(H,29,31,33);1H. The number of nitrogens with zero attached hydrogens (tertiary/aromatic N) is 1. The van der Waals surface area contributed by atoms with E-state index < -0.39 is 22.6 Å². The number of amides is 2. The van der Waals surface area contributed by atoms with Gasteiger partial charge in [0.15, 0.2) is 0 Å². The van der Waals surface area contributed by atoms with Gasteiger partial charge in [-0.15, -0.1) is 12.4 Å². The maximum atomic E-state index is 13.3. The number of ether oxygens (including phenoxy) is 1. The Hall–Kier alpha value is -2.69. The third kappa shape index (κ3) is 7.66. The quantitative estimate of drug-likeness (QED) is 0.354. The summed E-state index contributed by atoms with van der Waals surface area (Å²) in [7, 11) is -1.24. The Bertz CT molecular complexity index is 1300. The number of halogens is 3. The summed E-state index contributed by atoms with van der Waals surface area (Å²) in [5.74, 6) is -0.348. The number of pyridine rings is 1. The van der Waals surface area contributed by atoms with Gasteiger partial charge < -0.3 is 20.7 Å². The van der Waals surface area contributed by atoms with Crippen LogP contribution in [0.3, 0.4) is 0 Å². The molecule has 1 saturated heterocycles. The molecule has 2 amide bonds. The van der Waals surface area contributed by atoms with Gasteiger partial charge in [0.2, 0.25) is 0 Å². The molecule has 2 aromatic carbocycles. The van der Waals surface area contributed by atoms with E-state index in [1.165, 1.54) is 12.3 Å². The molecule has 2 heterocycles. The van der Waals surface area contributed by atoms with Crippen LogP contribution >= 0.6 is 35.6 Å². The molecular weight excluding hydrogens is 559 g/mol. The van der Waals surface area contributed by atoms with Gasteiger partial charge in [-0.3, -0.25) is 13.8 Å². The lowest BCUT2D eigenvalue weighted by atomic mass is 10.1. The zero-order valence-corrected chi connectivity index (χ0v) is 22.9. The first-order chi connectivity index (χ1) is 17.3. The lowest BCUT2D eigenvalue weighted by Gasteiger charge is -2.25. The molecule has 1 aromatic heterocycles. The van der Waals surface area contributed by atoms with E-state index >= 15 is 0 Å². The van der Waals surface area contributed by atoms with Crippen LogP contribution < -0.4 is 20.7 Å². The maximum absolute atomic E-state index is 13.3. The highest BCUT2D eigenvalue weighted by Gasteiger charge is 2.22. The summed E-state index contributed by atoms with van der Waals surface area (Å²) >= 11 is 12.0. The van der Waals surface area contributed by atoms with Crippen molar-refractivity contribution in [3.8, 4) is 5.75 Å². The van der Waals surface area contributed by atoms with Crippen molar-refractivity contribution in [2.75, 3.05) is 30.0 Å². The zero-order chi connectivity index (χ0) is 25.7. The number of carbonyl (C=O) groups is 2. The molecule has 0 radical (unpaired) electrons. The Morgan fingerprint density at radius 1 is 0.973 bits per heavy atom. The first-order valence-electron chi connectivity index (χ1n) is 11.2. The van der Waals surface area contributed by atoms with Crippen molar-refractivity contribution in [3.05, 3.63) is 75.9 Å². The first kappa shape index (κ1) is 28.9. The van der Waals surface area contributed by atoms with Crippen LogP contribution in [0.4, 0.5) is 11.5 Å². The number of aromatic nitrogens is 1. The molecule has 1 fully saturated rings. The second-order valence-electron chi connectivity index (χ2n) is 8.14. The first-order valence-corrected chi connectivity index (χ1v) is 13.5. The molecule has 0 saturated carbocycles. The van der Waals surface area contributed by atoms with Crippen molar-refractivity contribution in [3.63, 3.8) is 0 Å². The highest BCUT2D eigenvalue weighted by molar-refractivity contribution is 7.84. The van der Waals surface area contributed by atoms with E-state index in [4.69, 9.17) is 27.9 Å². The van der Waals surface area contributed by atoms with Gasteiger partial charge in [-0.1, -0.05) is 23.2 Å².